The van der Waals surface area contributed by atoms with E-state index in [1.165, 1.54) is 4.90 Å². The minimum absolute atomic E-state index is 0.0381. The predicted molar refractivity (Wildman–Crippen MR) is 118 cm³/mol. The maximum Gasteiger partial charge on any atom is 0.253 e. The highest BCUT2D eigenvalue weighted by molar-refractivity contribution is 8.00. The standard InChI is InChI=1S/C22H23N3O2S2/c1-15-13-28-22(24-15)29-14-17-6-8-18(9-7-17)20(26)23-12-16-4-10-19(11-5-16)21(27)25(2)3/h4-11,13H,12,14H2,1-3H3,(H,23,26). The first-order valence-electron chi connectivity index (χ1n) is 9.15. The number of rotatable bonds is 7. The van der Waals surface area contributed by atoms with Crippen molar-refractivity contribution in [2.75, 3.05) is 14.1 Å². The SMILES string of the molecule is Cc1csc(SCc2ccc(C(=O)NCc3ccc(C(=O)N(C)C)cc3)cc2)n1. The highest BCUT2D eigenvalue weighted by Gasteiger charge is 2.09. The molecule has 0 saturated heterocycles. The second-order valence-corrected chi connectivity index (χ2v) is 8.90. The van der Waals surface area contributed by atoms with Gasteiger partial charge in [-0.1, -0.05) is 36.0 Å². The Kier molecular flexibility index (Phi) is 7.06. The molecule has 1 N–H and O–H groups in total. The molecular formula is C22H23N3O2S2. The van der Waals surface area contributed by atoms with Crippen LogP contribution in [0.5, 0.6) is 0 Å². The van der Waals surface area contributed by atoms with Gasteiger partial charge in [-0.05, 0) is 42.3 Å². The third-order valence-electron chi connectivity index (χ3n) is 4.24. The van der Waals surface area contributed by atoms with Crippen LogP contribution in [-0.2, 0) is 12.3 Å². The van der Waals surface area contributed by atoms with Crippen LogP contribution >= 0.6 is 23.1 Å². The van der Waals surface area contributed by atoms with Gasteiger partial charge in [0.1, 0.15) is 4.34 Å². The number of nitrogens with zero attached hydrogens (tertiary/aromatic N) is 2. The lowest BCUT2D eigenvalue weighted by Crippen LogP contribution is -2.23. The molecule has 150 valence electrons. The van der Waals surface area contributed by atoms with E-state index in [1.807, 2.05) is 48.7 Å². The molecule has 1 aromatic heterocycles. The number of nitrogens with one attached hydrogen (secondary N) is 1. The third kappa shape index (κ3) is 5.92. The number of hydrogen-bond donors (Lipinski definition) is 1. The Morgan fingerprint density at radius 2 is 1.62 bits per heavy atom. The summed E-state index contributed by atoms with van der Waals surface area (Å²) in [6.45, 7) is 2.40. The van der Waals surface area contributed by atoms with Crippen LogP contribution in [0, 0.1) is 6.92 Å². The summed E-state index contributed by atoms with van der Waals surface area (Å²) in [6, 6.07) is 14.9. The van der Waals surface area contributed by atoms with Crippen LogP contribution in [-0.4, -0.2) is 35.8 Å². The molecule has 0 bridgehead atoms. The second-order valence-electron chi connectivity index (χ2n) is 6.82. The topological polar surface area (TPSA) is 62.3 Å². The lowest BCUT2D eigenvalue weighted by molar-refractivity contribution is 0.0827. The van der Waals surface area contributed by atoms with Crippen LogP contribution < -0.4 is 5.32 Å². The highest BCUT2D eigenvalue weighted by atomic mass is 32.2. The molecule has 7 heteroatoms. The van der Waals surface area contributed by atoms with Crippen molar-refractivity contribution in [1.29, 1.82) is 0 Å². The fraction of sp³-hybridized carbons (Fsp3) is 0.227. The largest absolute Gasteiger partial charge is 0.348 e. The Hall–Kier alpha value is -2.64. The van der Waals surface area contributed by atoms with Crippen molar-refractivity contribution >= 4 is 34.9 Å². The molecule has 0 radical (unpaired) electrons. The number of carbonyl (C=O) groups excluding carboxylic acids is 2. The quantitative estimate of drug-likeness (QED) is 0.571. The molecule has 3 aromatic rings. The minimum atomic E-state index is -0.117. The molecule has 0 aliphatic rings. The van der Waals surface area contributed by atoms with Crippen LogP contribution in [0.4, 0.5) is 0 Å². The summed E-state index contributed by atoms with van der Waals surface area (Å²) in [6.07, 6.45) is 0. The highest BCUT2D eigenvalue weighted by Crippen LogP contribution is 2.26. The van der Waals surface area contributed by atoms with Crippen molar-refractivity contribution in [3.8, 4) is 0 Å². The normalized spacial score (nSPS) is 10.6. The van der Waals surface area contributed by atoms with Crippen LogP contribution in [0.25, 0.3) is 0 Å². The van der Waals surface area contributed by atoms with E-state index >= 15 is 0 Å². The number of aromatic nitrogens is 1. The molecule has 1 heterocycles. The van der Waals surface area contributed by atoms with Gasteiger partial charge in [-0.25, -0.2) is 4.98 Å². The van der Waals surface area contributed by atoms with Gasteiger partial charge in [-0.15, -0.1) is 11.3 Å². The number of thioether (sulfide) groups is 1. The molecule has 0 aliphatic heterocycles. The van der Waals surface area contributed by atoms with E-state index in [1.54, 1.807) is 49.3 Å². The number of benzene rings is 2. The smallest absolute Gasteiger partial charge is 0.253 e. The van der Waals surface area contributed by atoms with Crippen LogP contribution in [0.3, 0.4) is 0 Å². The Bertz CT molecular complexity index is 980. The van der Waals surface area contributed by atoms with E-state index in [0.29, 0.717) is 17.7 Å². The molecule has 0 saturated carbocycles. The first kappa shape index (κ1) is 21.1. The summed E-state index contributed by atoms with van der Waals surface area (Å²) in [4.78, 5) is 30.3. The number of amides is 2. The van der Waals surface area contributed by atoms with Gasteiger partial charge in [-0.3, -0.25) is 9.59 Å². The summed E-state index contributed by atoms with van der Waals surface area (Å²) in [5.41, 5.74) is 4.40. The summed E-state index contributed by atoms with van der Waals surface area (Å²) < 4.78 is 1.06. The molecule has 5 nitrogen and oxygen atoms in total. The molecule has 0 spiro atoms. The first-order chi connectivity index (χ1) is 13.9. The third-order valence-corrected chi connectivity index (χ3v) is 6.45. The van der Waals surface area contributed by atoms with E-state index in [9.17, 15) is 9.59 Å². The monoisotopic (exact) mass is 425 g/mol. The van der Waals surface area contributed by atoms with Crippen molar-refractivity contribution in [3.05, 3.63) is 81.9 Å². The number of thiazole rings is 1. The van der Waals surface area contributed by atoms with Crippen molar-refractivity contribution < 1.29 is 9.59 Å². The second kappa shape index (κ2) is 9.71. The van der Waals surface area contributed by atoms with E-state index in [-0.39, 0.29) is 11.8 Å². The molecular weight excluding hydrogens is 402 g/mol. The molecule has 2 aromatic carbocycles. The molecule has 29 heavy (non-hydrogen) atoms. The van der Waals surface area contributed by atoms with Gasteiger partial charge < -0.3 is 10.2 Å². The van der Waals surface area contributed by atoms with Crippen molar-refractivity contribution in [1.82, 2.24) is 15.2 Å². The fourth-order valence-electron chi connectivity index (χ4n) is 2.60. The average molecular weight is 426 g/mol. The molecule has 0 fully saturated rings. The summed E-state index contributed by atoms with van der Waals surface area (Å²) in [5, 5.41) is 4.96. The van der Waals surface area contributed by atoms with Crippen LogP contribution in [0.15, 0.2) is 58.3 Å². The Balaban J connectivity index is 1.50. The maximum atomic E-state index is 12.4. The molecule has 0 atom stereocenters. The summed E-state index contributed by atoms with van der Waals surface area (Å²) in [7, 11) is 3.45. The number of hydrogen-bond acceptors (Lipinski definition) is 5. The van der Waals surface area contributed by atoms with Gasteiger partial charge in [0.15, 0.2) is 0 Å². The van der Waals surface area contributed by atoms with Crippen molar-refractivity contribution in [3.63, 3.8) is 0 Å². The van der Waals surface area contributed by atoms with Crippen LogP contribution in [0.2, 0.25) is 0 Å². The van der Waals surface area contributed by atoms with Gasteiger partial charge in [0.05, 0.1) is 0 Å². The van der Waals surface area contributed by atoms with Gasteiger partial charge >= 0.3 is 0 Å². The first-order valence-corrected chi connectivity index (χ1v) is 11.0. The zero-order valence-electron chi connectivity index (χ0n) is 16.6. The van der Waals surface area contributed by atoms with Crippen molar-refractivity contribution in [2.24, 2.45) is 0 Å². The Morgan fingerprint density at radius 3 is 2.21 bits per heavy atom. The van der Waals surface area contributed by atoms with Gasteiger partial charge in [0.2, 0.25) is 0 Å². The molecule has 3 rings (SSSR count). The van der Waals surface area contributed by atoms with E-state index in [0.717, 1.165) is 26.9 Å². The Labute approximate surface area is 179 Å². The zero-order valence-corrected chi connectivity index (χ0v) is 18.3. The van der Waals surface area contributed by atoms with Crippen LogP contribution in [0.1, 0.15) is 37.5 Å². The van der Waals surface area contributed by atoms with E-state index in [4.69, 9.17) is 0 Å². The zero-order chi connectivity index (χ0) is 20.8. The van der Waals surface area contributed by atoms with Crippen molar-refractivity contribution in [2.45, 2.75) is 23.6 Å². The maximum absolute atomic E-state index is 12.4. The average Bonchev–Trinajstić information content (AvgIpc) is 3.15. The Morgan fingerprint density at radius 1 is 1.00 bits per heavy atom. The molecule has 0 unspecified atom stereocenters. The lowest BCUT2D eigenvalue weighted by atomic mass is 10.1. The van der Waals surface area contributed by atoms with Gasteiger partial charge in [-0.2, -0.15) is 0 Å². The number of aryl methyl sites for hydroxylation is 1. The van der Waals surface area contributed by atoms with E-state index in [2.05, 4.69) is 10.3 Å². The lowest BCUT2D eigenvalue weighted by Gasteiger charge is -2.11. The molecule has 2 amide bonds. The van der Waals surface area contributed by atoms with Gasteiger partial charge in [0, 0.05) is 48.6 Å². The molecule has 0 aliphatic carbocycles. The van der Waals surface area contributed by atoms with E-state index < -0.39 is 0 Å². The minimum Gasteiger partial charge on any atom is -0.348 e. The summed E-state index contributed by atoms with van der Waals surface area (Å²) >= 11 is 3.35. The predicted octanol–water partition coefficient (Wildman–Crippen LogP) is 4.38. The number of carbonyl (C=O) groups is 2. The summed E-state index contributed by atoms with van der Waals surface area (Å²) in [5.74, 6) is 0.671. The van der Waals surface area contributed by atoms with Gasteiger partial charge in [0.25, 0.3) is 11.8 Å². The fourth-order valence-corrected chi connectivity index (χ4v) is 4.41.